The molecule has 0 spiro atoms. The third-order valence-electron chi connectivity index (χ3n) is 3.15. The lowest BCUT2D eigenvalue weighted by atomic mass is 9.99. The second kappa shape index (κ2) is 6.07. The number of alkyl halides is 3. The molecule has 0 unspecified atom stereocenters. The molecule has 22 heavy (non-hydrogen) atoms. The SMILES string of the molecule is O=C(NS(=O)(=O)c1ccc(C(F)(F)F)cn1)C1=CCCCC1. The zero-order valence-corrected chi connectivity index (χ0v) is 12.2. The van der Waals surface area contributed by atoms with E-state index in [1.54, 1.807) is 6.08 Å². The van der Waals surface area contributed by atoms with Gasteiger partial charge in [0.1, 0.15) is 0 Å². The molecule has 0 atom stereocenters. The normalized spacial score (nSPS) is 16.0. The molecular formula is C13H13F3N2O3S. The van der Waals surface area contributed by atoms with E-state index >= 15 is 0 Å². The molecule has 1 amide bonds. The standard InChI is InChI=1S/C13H13F3N2O3S/c14-13(15,16)10-6-7-11(17-8-10)22(20,21)18-12(19)9-4-2-1-3-5-9/h4,6-8H,1-3,5H2,(H,18,19). The number of aromatic nitrogens is 1. The summed E-state index contributed by atoms with van der Waals surface area (Å²) < 4.78 is 62.9. The van der Waals surface area contributed by atoms with Crippen LogP contribution in [0.2, 0.25) is 0 Å². The third-order valence-corrected chi connectivity index (χ3v) is 4.39. The Morgan fingerprint density at radius 3 is 2.45 bits per heavy atom. The second-order valence-corrected chi connectivity index (χ2v) is 6.42. The highest BCUT2D eigenvalue weighted by molar-refractivity contribution is 7.90. The molecule has 5 nitrogen and oxygen atoms in total. The van der Waals surface area contributed by atoms with Crippen LogP contribution in [0.1, 0.15) is 31.2 Å². The predicted octanol–water partition coefficient (Wildman–Crippen LogP) is 2.41. The van der Waals surface area contributed by atoms with Gasteiger partial charge in [-0.1, -0.05) is 6.08 Å². The van der Waals surface area contributed by atoms with Crippen molar-refractivity contribution in [2.24, 2.45) is 0 Å². The molecule has 9 heteroatoms. The first-order valence-corrected chi connectivity index (χ1v) is 7.98. The number of hydrogen-bond acceptors (Lipinski definition) is 4. The number of allylic oxidation sites excluding steroid dienone is 1. The molecule has 1 aliphatic carbocycles. The van der Waals surface area contributed by atoms with Gasteiger partial charge in [-0.05, 0) is 37.8 Å². The Morgan fingerprint density at radius 1 is 1.23 bits per heavy atom. The van der Waals surface area contributed by atoms with Crippen LogP contribution in [0.4, 0.5) is 13.2 Å². The van der Waals surface area contributed by atoms with Crippen molar-refractivity contribution in [1.29, 1.82) is 0 Å². The van der Waals surface area contributed by atoms with Gasteiger partial charge in [0.2, 0.25) is 0 Å². The summed E-state index contributed by atoms with van der Waals surface area (Å²) in [4.78, 5) is 15.1. The lowest BCUT2D eigenvalue weighted by Crippen LogP contribution is -2.32. The van der Waals surface area contributed by atoms with E-state index in [1.807, 2.05) is 4.72 Å². The minimum Gasteiger partial charge on any atom is -0.269 e. The van der Waals surface area contributed by atoms with Crippen LogP contribution in [0, 0.1) is 0 Å². The first-order valence-electron chi connectivity index (χ1n) is 6.49. The van der Waals surface area contributed by atoms with Gasteiger partial charge in [0, 0.05) is 11.8 Å². The number of carbonyl (C=O) groups is 1. The Bertz CT molecular complexity index is 694. The molecule has 1 aromatic rings. The average molecular weight is 334 g/mol. The average Bonchev–Trinajstić information content (AvgIpc) is 2.47. The monoisotopic (exact) mass is 334 g/mol. The molecule has 0 radical (unpaired) electrons. The Morgan fingerprint density at radius 2 is 1.95 bits per heavy atom. The minimum absolute atomic E-state index is 0.363. The lowest BCUT2D eigenvalue weighted by Gasteiger charge is -2.13. The van der Waals surface area contributed by atoms with E-state index in [0.717, 1.165) is 12.8 Å². The lowest BCUT2D eigenvalue weighted by molar-refractivity contribution is -0.137. The molecule has 0 aliphatic heterocycles. The summed E-state index contributed by atoms with van der Waals surface area (Å²) in [6.07, 6.45) is 0.365. The quantitative estimate of drug-likeness (QED) is 0.921. The molecular weight excluding hydrogens is 321 g/mol. The molecule has 2 rings (SSSR count). The van der Waals surface area contributed by atoms with Gasteiger partial charge in [0.05, 0.1) is 5.56 Å². The van der Waals surface area contributed by atoms with Crippen LogP contribution in [0.25, 0.3) is 0 Å². The molecule has 0 saturated heterocycles. The Hall–Kier alpha value is -1.90. The van der Waals surface area contributed by atoms with Crippen molar-refractivity contribution in [3.63, 3.8) is 0 Å². The van der Waals surface area contributed by atoms with Crippen molar-refractivity contribution >= 4 is 15.9 Å². The highest BCUT2D eigenvalue weighted by Crippen LogP contribution is 2.28. The van der Waals surface area contributed by atoms with Crippen LogP contribution in [-0.4, -0.2) is 19.3 Å². The fourth-order valence-corrected chi connectivity index (χ4v) is 2.91. The molecule has 120 valence electrons. The van der Waals surface area contributed by atoms with Crippen LogP contribution in [0.5, 0.6) is 0 Å². The molecule has 1 N–H and O–H groups in total. The maximum Gasteiger partial charge on any atom is 0.417 e. The van der Waals surface area contributed by atoms with Gasteiger partial charge in [-0.2, -0.15) is 21.6 Å². The number of amides is 1. The van der Waals surface area contributed by atoms with Crippen LogP contribution in [0.15, 0.2) is 35.0 Å². The fourth-order valence-electron chi connectivity index (χ4n) is 1.99. The van der Waals surface area contributed by atoms with Crippen molar-refractivity contribution in [1.82, 2.24) is 9.71 Å². The first-order chi connectivity index (χ1) is 10.2. The van der Waals surface area contributed by atoms with Crippen molar-refractivity contribution in [2.45, 2.75) is 36.9 Å². The summed E-state index contributed by atoms with van der Waals surface area (Å²) in [6, 6.07) is 1.32. The Balaban J connectivity index is 2.16. The summed E-state index contributed by atoms with van der Waals surface area (Å²) in [6.45, 7) is 0. The first kappa shape index (κ1) is 16.5. The number of nitrogens with one attached hydrogen (secondary N) is 1. The number of hydrogen-bond donors (Lipinski definition) is 1. The largest absolute Gasteiger partial charge is 0.417 e. The summed E-state index contributed by atoms with van der Waals surface area (Å²) in [5.74, 6) is -0.763. The van der Waals surface area contributed by atoms with Gasteiger partial charge >= 0.3 is 6.18 Å². The summed E-state index contributed by atoms with van der Waals surface area (Å²) in [7, 11) is -4.29. The van der Waals surface area contributed by atoms with E-state index in [2.05, 4.69) is 4.98 Å². The van der Waals surface area contributed by atoms with Crippen molar-refractivity contribution in [2.75, 3.05) is 0 Å². The molecule has 0 fully saturated rings. The van der Waals surface area contributed by atoms with Crippen LogP contribution in [-0.2, 0) is 21.0 Å². The van der Waals surface area contributed by atoms with Gasteiger partial charge in [-0.15, -0.1) is 0 Å². The molecule has 0 saturated carbocycles. The third kappa shape index (κ3) is 3.85. The van der Waals surface area contributed by atoms with Crippen LogP contribution in [0.3, 0.4) is 0 Å². The molecule has 0 aromatic carbocycles. The predicted molar refractivity (Wildman–Crippen MR) is 71.1 cm³/mol. The topological polar surface area (TPSA) is 76.1 Å². The maximum absolute atomic E-state index is 12.4. The van der Waals surface area contributed by atoms with E-state index in [9.17, 15) is 26.4 Å². The number of sulfonamides is 1. The smallest absolute Gasteiger partial charge is 0.269 e. The van der Waals surface area contributed by atoms with E-state index in [-0.39, 0.29) is 0 Å². The van der Waals surface area contributed by atoms with Gasteiger partial charge in [-0.25, -0.2) is 9.71 Å². The second-order valence-electron chi connectivity index (χ2n) is 4.79. The molecule has 0 bridgehead atoms. The number of rotatable bonds is 3. The highest BCUT2D eigenvalue weighted by atomic mass is 32.2. The van der Waals surface area contributed by atoms with E-state index in [1.165, 1.54) is 0 Å². The van der Waals surface area contributed by atoms with Gasteiger partial charge in [0.25, 0.3) is 15.9 Å². The van der Waals surface area contributed by atoms with Crippen molar-refractivity contribution in [3.05, 3.63) is 35.5 Å². The van der Waals surface area contributed by atoms with Crippen LogP contribution < -0.4 is 4.72 Å². The van der Waals surface area contributed by atoms with Gasteiger partial charge in [-0.3, -0.25) is 4.79 Å². The summed E-state index contributed by atoms with van der Waals surface area (Å²) in [5, 5.41) is -0.634. The molecule has 1 heterocycles. The Kier molecular flexibility index (Phi) is 4.55. The molecule has 1 aliphatic rings. The van der Waals surface area contributed by atoms with Gasteiger partial charge in [0.15, 0.2) is 5.03 Å². The number of pyridine rings is 1. The van der Waals surface area contributed by atoms with Crippen molar-refractivity contribution < 1.29 is 26.4 Å². The summed E-state index contributed by atoms with van der Waals surface area (Å²) in [5.41, 5.74) is -0.700. The number of nitrogens with zero attached hydrogens (tertiary/aromatic N) is 1. The minimum atomic E-state index is -4.61. The van der Waals surface area contributed by atoms with E-state index < -0.39 is 32.7 Å². The fraction of sp³-hybridized carbons (Fsp3) is 0.385. The number of carbonyl (C=O) groups excluding carboxylic acids is 1. The van der Waals surface area contributed by atoms with Gasteiger partial charge < -0.3 is 0 Å². The highest BCUT2D eigenvalue weighted by Gasteiger charge is 2.31. The summed E-state index contributed by atoms with van der Waals surface area (Å²) >= 11 is 0. The zero-order valence-electron chi connectivity index (χ0n) is 11.4. The molecule has 1 aromatic heterocycles. The Labute approximate surface area is 125 Å². The van der Waals surface area contributed by atoms with E-state index in [0.29, 0.717) is 36.7 Å². The number of halogens is 3. The maximum atomic E-state index is 12.4. The van der Waals surface area contributed by atoms with Crippen LogP contribution >= 0.6 is 0 Å². The van der Waals surface area contributed by atoms with Crippen molar-refractivity contribution in [3.8, 4) is 0 Å². The zero-order chi connectivity index (χ0) is 16.4. The van der Waals surface area contributed by atoms with E-state index in [4.69, 9.17) is 0 Å².